The van der Waals surface area contributed by atoms with E-state index >= 15 is 0 Å². The van der Waals surface area contributed by atoms with Gasteiger partial charge in [0.2, 0.25) is 5.75 Å². The number of benzene rings is 3. The summed E-state index contributed by atoms with van der Waals surface area (Å²) in [5, 5.41) is 7.47. The van der Waals surface area contributed by atoms with Crippen molar-refractivity contribution >= 4 is 40.2 Å². The maximum absolute atomic E-state index is 14.0. The zero-order valence-electron chi connectivity index (χ0n) is 22.8. The highest BCUT2D eigenvalue weighted by Crippen LogP contribution is 2.50. The number of allylic oxidation sites excluding steroid dienone is 1. The van der Waals surface area contributed by atoms with E-state index in [1.165, 1.54) is 0 Å². The predicted octanol–water partition coefficient (Wildman–Crippen LogP) is 6.73. The second-order valence-corrected chi connectivity index (χ2v) is 10.9. The number of hydrogen-bond donors (Lipinski definition) is 2. The summed E-state index contributed by atoms with van der Waals surface area (Å²) in [5.74, 6) is 1.57. The molecule has 2 N–H and O–H groups in total. The molecule has 0 bridgehead atoms. The van der Waals surface area contributed by atoms with Crippen LogP contribution in [-0.4, -0.2) is 32.2 Å². The van der Waals surface area contributed by atoms with Gasteiger partial charge in [0.1, 0.15) is 0 Å². The molecule has 0 fully saturated rings. The first-order chi connectivity index (χ1) is 18.8. The van der Waals surface area contributed by atoms with Gasteiger partial charge in [0.15, 0.2) is 22.4 Å². The Morgan fingerprint density at radius 3 is 2.23 bits per heavy atom. The molecule has 0 spiro atoms. The fourth-order valence-corrected chi connectivity index (χ4v) is 5.81. The van der Waals surface area contributed by atoms with Crippen molar-refractivity contribution in [3.05, 3.63) is 83.6 Å². The van der Waals surface area contributed by atoms with Gasteiger partial charge in [-0.05, 0) is 66.0 Å². The molecular formula is C31H33N3O4S. The predicted molar refractivity (Wildman–Crippen MR) is 159 cm³/mol. The summed E-state index contributed by atoms with van der Waals surface area (Å²) >= 11 is 6.08. The highest BCUT2D eigenvalue weighted by Gasteiger charge is 2.43. The number of para-hydroxylation sites is 3. The average Bonchev–Trinajstić information content (AvgIpc) is 3.06. The Bertz CT molecular complexity index is 1430. The molecule has 202 valence electrons. The van der Waals surface area contributed by atoms with Gasteiger partial charge in [-0.25, -0.2) is 0 Å². The topological polar surface area (TPSA) is 72.1 Å². The number of anilines is 3. The van der Waals surface area contributed by atoms with Crippen molar-refractivity contribution in [1.82, 2.24) is 0 Å². The lowest BCUT2D eigenvalue weighted by Gasteiger charge is -2.38. The molecule has 1 atom stereocenters. The molecule has 3 aromatic carbocycles. The maximum atomic E-state index is 14.0. The van der Waals surface area contributed by atoms with E-state index in [2.05, 4.69) is 24.5 Å². The third kappa shape index (κ3) is 5.04. The van der Waals surface area contributed by atoms with Gasteiger partial charge in [0.25, 0.3) is 0 Å². The summed E-state index contributed by atoms with van der Waals surface area (Å²) in [7, 11) is 4.75. The molecule has 0 radical (unpaired) electrons. The van der Waals surface area contributed by atoms with Crippen LogP contribution in [0.2, 0.25) is 0 Å². The molecule has 8 heteroatoms. The third-order valence-corrected chi connectivity index (χ3v) is 7.45. The molecule has 0 amide bonds. The number of carbonyl (C=O) groups excluding carboxylic acids is 1. The number of ketones is 1. The van der Waals surface area contributed by atoms with Crippen LogP contribution < -0.4 is 29.7 Å². The summed E-state index contributed by atoms with van der Waals surface area (Å²) in [6, 6.07) is 21.0. The quantitative estimate of drug-likeness (QED) is 0.344. The average molecular weight is 544 g/mol. The van der Waals surface area contributed by atoms with Gasteiger partial charge in [-0.1, -0.05) is 44.2 Å². The number of ether oxygens (including phenoxy) is 3. The Morgan fingerprint density at radius 1 is 0.949 bits per heavy atom. The van der Waals surface area contributed by atoms with Crippen LogP contribution in [0.15, 0.2) is 78.0 Å². The molecular weight excluding hydrogens is 510 g/mol. The van der Waals surface area contributed by atoms with Gasteiger partial charge in [0.05, 0.1) is 38.7 Å². The van der Waals surface area contributed by atoms with Crippen molar-refractivity contribution in [1.29, 1.82) is 0 Å². The summed E-state index contributed by atoms with van der Waals surface area (Å²) in [6.45, 7) is 4.25. The van der Waals surface area contributed by atoms with Crippen molar-refractivity contribution in [3.8, 4) is 17.2 Å². The highest BCUT2D eigenvalue weighted by atomic mass is 32.1. The fraction of sp³-hybridized carbons (Fsp3) is 0.290. The van der Waals surface area contributed by atoms with E-state index in [9.17, 15) is 4.79 Å². The van der Waals surface area contributed by atoms with Crippen molar-refractivity contribution in [2.75, 3.05) is 36.9 Å². The monoisotopic (exact) mass is 543 g/mol. The molecule has 3 aromatic rings. The second-order valence-electron chi connectivity index (χ2n) is 10.5. The molecule has 0 aromatic heterocycles. The first-order valence-corrected chi connectivity index (χ1v) is 13.2. The van der Waals surface area contributed by atoms with Crippen LogP contribution in [0.4, 0.5) is 17.1 Å². The number of nitrogens with one attached hydrogen (secondary N) is 2. The van der Waals surface area contributed by atoms with Crippen LogP contribution in [-0.2, 0) is 4.79 Å². The van der Waals surface area contributed by atoms with Gasteiger partial charge in [0, 0.05) is 23.4 Å². The molecule has 0 unspecified atom stereocenters. The molecule has 1 heterocycles. The first kappa shape index (κ1) is 26.6. The van der Waals surface area contributed by atoms with Crippen LogP contribution in [0.5, 0.6) is 17.2 Å². The van der Waals surface area contributed by atoms with E-state index in [-0.39, 0.29) is 11.2 Å². The van der Waals surface area contributed by atoms with Gasteiger partial charge in [-0.3, -0.25) is 4.79 Å². The third-order valence-electron chi connectivity index (χ3n) is 7.15. The minimum Gasteiger partial charge on any atom is -0.493 e. The lowest BCUT2D eigenvalue weighted by atomic mass is 9.73. The summed E-state index contributed by atoms with van der Waals surface area (Å²) in [6.07, 6.45) is 1.15. The molecule has 7 nitrogen and oxygen atoms in total. The van der Waals surface area contributed by atoms with E-state index in [0.717, 1.165) is 34.7 Å². The Hall–Kier alpha value is -4.04. The maximum Gasteiger partial charge on any atom is 0.203 e. The fourth-order valence-electron chi connectivity index (χ4n) is 5.49. The summed E-state index contributed by atoms with van der Waals surface area (Å²) in [5.41, 5.74) is 4.76. The molecule has 1 aliphatic heterocycles. The number of Topliss-reactive ketones (excluding diaryl/α,β-unsaturated/α-hetero) is 1. The van der Waals surface area contributed by atoms with Gasteiger partial charge < -0.3 is 29.7 Å². The SMILES string of the molecule is COc1cc([C@@H]2C3=C(CC(C)(C)CC3=O)Nc3ccccc3N2C(=S)Nc2ccccc2)cc(OC)c1OC. The van der Waals surface area contributed by atoms with Crippen LogP contribution in [0, 0.1) is 5.41 Å². The second kappa shape index (κ2) is 10.6. The van der Waals surface area contributed by atoms with Crippen molar-refractivity contribution in [3.63, 3.8) is 0 Å². The van der Waals surface area contributed by atoms with E-state index in [1.54, 1.807) is 21.3 Å². The number of carbonyl (C=O) groups is 1. The largest absolute Gasteiger partial charge is 0.493 e. The Kier molecular flexibility index (Phi) is 7.23. The van der Waals surface area contributed by atoms with E-state index < -0.39 is 6.04 Å². The number of hydrogen-bond acceptors (Lipinski definition) is 6. The van der Waals surface area contributed by atoms with Crippen molar-refractivity contribution in [2.45, 2.75) is 32.7 Å². The summed E-state index contributed by atoms with van der Waals surface area (Å²) < 4.78 is 17.0. The number of thiocarbonyl (C=S) groups is 1. The summed E-state index contributed by atoms with van der Waals surface area (Å²) in [4.78, 5) is 16.0. The minimum absolute atomic E-state index is 0.0767. The molecule has 2 aliphatic rings. The normalized spacial score (nSPS) is 17.8. The number of fused-ring (bicyclic) bond motifs is 1. The lowest BCUT2D eigenvalue weighted by molar-refractivity contribution is -0.118. The zero-order valence-corrected chi connectivity index (χ0v) is 23.6. The van der Waals surface area contributed by atoms with Gasteiger partial charge in [-0.2, -0.15) is 0 Å². The van der Waals surface area contributed by atoms with Crippen molar-refractivity contribution < 1.29 is 19.0 Å². The number of methoxy groups -OCH3 is 3. The minimum atomic E-state index is -0.558. The molecule has 0 saturated carbocycles. The molecule has 0 saturated heterocycles. The molecule has 39 heavy (non-hydrogen) atoms. The smallest absolute Gasteiger partial charge is 0.203 e. The van der Waals surface area contributed by atoms with E-state index in [4.69, 9.17) is 26.4 Å². The molecule has 5 rings (SSSR count). The van der Waals surface area contributed by atoms with Crippen LogP contribution >= 0.6 is 12.2 Å². The van der Waals surface area contributed by atoms with Crippen LogP contribution in [0.1, 0.15) is 38.3 Å². The number of rotatable bonds is 5. The molecule has 1 aliphatic carbocycles. The van der Waals surface area contributed by atoms with Crippen LogP contribution in [0.3, 0.4) is 0 Å². The van der Waals surface area contributed by atoms with Crippen molar-refractivity contribution in [2.24, 2.45) is 5.41 Å². The zero-order chi connectivity index (χ0) is 27.7. The van der Waals surface area contributed by atoms with Gasteiger partial charge in [-0.15, -0.1) is 0 Å². The van der Waals surface area contributed by atoms with Crippen LogP contribution in [0.25, 0.3) is 0 Å². The van der Waals surface area contributed by atoms with E-state index in [1.807, 2.05) is 71.6 Å². The number of nitrogens with zero attached hydrogens (tertiary/aromatic N) is 1. The lowest BCUT2D eigenvalue weighted by Crippen LogP contribution is -2.41. The van der Waals surface area contributed by atoms with E-state index in [0.29, 0.717) is 34.4 Å². The standard InChI is InChI=1S/C31H33N3O4S/c1-31(2)17-22-27(24(35)18-31)28(19-15-25(36-3)29(38-5)26(16-19)37-4)34(23-14-10-9-13-21(23)33-22)30(39)32-20-11-7-6-8-12-20/h6-16,28,33H,17-18H2,1-5H3,(H,32,39)/t28-/m1/s1. The Balaban J connectivity index is 1.78. The highest BCUT2D eigenvalue weighted by molar-refractivity contribution is 7.80. The first-order valence-electron chi connectivity index (χ1n) is 12.8. The Morgan fingerprint density at radius 2 is 1.59 bits per heavy atom. The Labute approximate surface area is 234 Å². The van der Waals surface area contributed by atoms with Gasteiger partial charge >= 0.3 is 0 Å².